The van der Waals surface area contributed by atoms with Crippen LogP contribution in [0.25, 0.3) is 11.3 Å². The molecule has 5 heteroatoms. The van der Waals surface area contributed by atoms with E-state index in [9.17, 15) is 9.59 Å². The molecule has 1 aromatic carbocycles. The van der Waals surface area contributed by atoms with E-state index in [2.05, 4.69) is 10.3 Å². The third-order valence-corrected chi connectivity index (χ3v) is 4.97. The molecule has 1 aliphatic rings. The van der Waals surface area contributed by atoms with Gasteiger partial charge in [-0.15, -0.1) is 0 Å². The molecule has 2 amide bonds. The van der Waals surface area contributed by atoms with Crippen molar-refractivity contribution in [1.29, 1.82) is 0 Å². The Bertz CT molecular complexity index is 818. The fourth-order valence-electron chi connectivity index (χ4n) is 3.37. The molecule has 27 heavy (non-hydrogen) atoms. The molecular weight excluding hydrogens is 338 g/mol. The summed E-state index contributed by atoms with van der Waals surface area (Å²) in [6.45, 7) is 6.90. The molecule has 3 rings (SSSR count). The SMILES string of the molecule is Cc1nc(-c2ccccc2)ccc1C(=O)N1CCCC(NC(=O)C(C)C)C1. The number of nitrogens with zero attached hydrogens (tertiary/aromatic N) is 2. The van der Waals surface area contributed by atoms with Gasteiger partial charge in [0.2, 0.25) is 5.91 Å². The van der Waals surface area contributed by atoms with Gasteiger partial charge in [0.25, 0.3) is 5.91 Å². The van der Waals surface area contributed by atoms with Crippen LogP contribution in [0.3, 0.4) is 0 Å². The first kappa shape index (κ1) is 19.1. The first-order chi connectivity index (χ1) is 13.0. The number of hydrogen-bond donors (Lipinski definition) is 1. The maximum absolute atomic E-state index is 13.0. The van der Waals surface area contributed by atoms with Gasteiger partial charge in [0.05, 0.1) is 17.0 Å². The molecule has 1 aromatic heterocycles. The van der Waals surface area contributed by atoms with E-state index in [1.807, 2.05) is 68.1 Å². The lowest BCUT2D eigenvalue weighted by molar-refractivity contribution is -0.125. The number of rotatable bonds is 4. The number of aryl methyl sites for hydroxylation is 1. The van der Waals surface area contributed by atoms with Crippen molar-refractivity contribution in [1.82, 2.24) is 15.2 Å². The number of nitrogens with one attached hydrogen (secondary N) is 1. The van der Waals surface area contributed by atoms with Gasteiger partial charge >= 0.3 is 0 Å². The second kappa shape index (κ2) is 8.33. The van der Waals surface area contributed by atoms with Crippen LogP contribution in [0.5, 0.6) is 0 Å². The number of carbonyl (C=O) groups excluding carboxylic acids is 2. The van der Waals surface area contributed by atoms with E-state index >= 15 is 0 Å². The standard InChI is InChI=1S/C22H27N3O2/c1-15(2)21(26)24-18-10-7-13-25(14-18)22(27)19-11-12-20(23-16(19)3)17-8-5-4-6-9-17/h4-6,8-9,11-12,15,18H,7,10,13-14H2,1-3H3,(H,24,26). The summed E-state index contributed by atoms with van der Waals surface area (Å²) in [5, 5.41) is 3.05. The molecule has 1 fully saturated rings. The molecule has 1 saturated heterocycles. The number of benzene rings is 1. The molecule has 2 aromatic rings. The smallest absolute Gasteiger partial charge is 0.255 e. The number of aromatic nitrogens is 1. The average Bonchev–Trinajstić information content (AvgIpc) is 2.68. The maximum Gasteiger partial charge on any atom is 0.255 e. The zero-order valence-electron chi connectivity index (χ0n) is 16.2. The number of carbonyl (C=O) groups is 2. The van der Waals surface area contributed by atoms with Crippen LogP contribution < -0.4 is 5.32 Å². The number of amides is 2. The van der Waals surface area contributed by atoms with Crippen LogP contribution in [0.15, 0.2) is 42.5 Å². The van der Waals surface area contributed by atoms with Crippen LogP contribution >= 0.6 is 0 Å². The zero-order valence-corrected chi connectivity index (χ0v) is 16.2. The molecule has 0 radical (unpaired) electrons. The summed E-state index contributed by atoms with van der Waals surface area (Å²) >= 11 is 0. The highest BCUT2D eigenvalue weighted by Gasteiger charge is 2.27. The molecule has 1 aliphatic heterocycles. The van der Waals surface area contributed by atoms with Crippen molar-refractivity contribution >= 4 is 11.8 Å². The van der Waals surface area contributed by atoms with Gasteiger partial charge in [-0.05, 0) is 31.9 Å². The molecule has 142 valence electrons. The van der Waals surface area contributed by atoms with Gasteiger partial charge in [-0.1, -0.05) is 44.2 Å². The van der Waals surface area contributed by atoms with E-state index in [0.717, 1.165) is 29.8 Å². The van der Waals surface area contributed by atoms with E-state index in [1.165, 1.54) is 0 Å². The second-order valence-corrected chi connectivity index (χ2v) is 7.45. The molecular formula is C22H27N3O2. The van der Waals surface area contributed by atoms with Crippen LogP contribution in [0.1, 0.15) is 42.7 Å². The van der Waals surface area contributed by atoms with Crippen molar-refractivity contribution in [3.8, 4) is 11.3 Å². The van der Waals surface area contributed by atoms with Crippen molar-refractivity contribution in [3.05, 3.63) is 53.7 Å². The Morgan fingerprint density at radius 2 is 1.89 bits per heavy atom. The van der Waals surface area contributed by atoms with Crippen molar-refractivity contribution in [2.24, 2.45) is 5.92 Å². The third kappa shape index (κ3) is 4.54. The lowest BCUT2D eigenvalue weighted by atomic mass is 10.0. The molecule has 0 spiro atoms. The van der Waals surface area contributed by atoms with Gasteiger partial charge in [-0.25, -0.2) is 0 Å². The molecule has 5 nitrogen and oxygen atoms in total. The van der Waals surface area contributed by atoms with Gasteiger partial charge in [-0.3, -0.25) is 14.6 Å². The van der Waals surface area contributed by atoms with E-state index in [4.69, 9.17) is 0 Å². The Hall–Kier alpha value is -2.69. The lowest BCUT2D eigenvalue weighted by Gasteiger charge is -2.33. The number of likely N-dealkylation sites (tertiary alicyclic amines) is 1. The highest BCUT2D eigenvalue weighted by atomic mass is 16.2. The highest BCUT2D eigenvalue weighted by Crippen LogP contribution is 2.21. The molecule has 0 saturated carbocycles. The van der Waals surface area contributed by atoms with Crippen LogP contribution in [-0.2, 0) is 4.79 Å². The summed E-state index contributed by atoms with van der Waals surface area (Å²) in [6, 6.07) is 13.7. The molecule has 1 N–H and O–H groups in total. The van der Waals surface area contributed by atoms with Crippen molar-refractivity contribution in [2.75, 3.05) is 13.1 Å². The Labute approximate surface area is 160 Å². The summed E-state index contributed by atoms with van der Waals surface area (Å²) < 4.78 is 0. The van der Waals surface area contributed by atoms with Crippen LogP contribution in [0.2, 0.25) is 0 Å². The Morgan fingerprint density at radius 1 is 1.15 bits per heavy atom. The van der Waals surface area contributed by atoms with Gasteiger partial charge in [0, 0.05) is 30.6 Å². The predicted molar refractivity (Wildman–Crippen MR) is 106 cm³/mol. The summed E-state index contributed by atoms with van der Waals surface area (Å²) in [5.74, 6) is -0.0180. The van der Waals surface area contributed by atoms with E-state index < -0.39 is 0 Å². The highest BCUT2D eigenvalue weighted by molar-refractivity contribution is 5.95. The lowest BCUT2D eigenvalue weighted by Crippen LogP contribution is -2.50. The third-order valence-electron chi connectivity index (χ3n) is 4.97. The van der Waals surface area contributed by atoms with Crippen molar-refractivity contribution in [3.63, 3.8) is 0 Å². The average molecular weight is 365 g/mol. The minimum atomic E-state index is -0.0481. The summed E-state index contributed by atoms with van der Waals surface area (Å²) in [4.78, 5) is 31.4. The normalized spacial score (nSPS) is 17.0. The molecule has 0 aliphatic carbocycles. The first-order valence-electron chi connectivity index (χ1n) is 9.58. The fraction of sp³-hybridized carbons (Fsp3) is 0.409. The zero-order chi connectivity index (χ0) is 19.4. The Balaban J connectivity index is 1.72. The first-order valence-corrected chi connectivity index (χ1v) is 9.58. The summed E-state index contributed by atoms with van der Waals surface area (Å²) in [5.41, 5.74) is 3.26. The summed E-state index contributed by atoms with van der Waals surface area (Å²) in [7, 11) is 0. The number of hydrogen-bond acceptors (Lipinski definition) is 3. The van der Waals surface area contributed by atoms with Gasteiger partial charge in [0.15, 0.2) is 0 Å². The van der Waals surface area contributed by atoms with E-state index in [-0.39, 0.29) is 23.8 Å². The molecule has 1 unspecified atom stereocenters. The molecule has 0 bridgehead atoms. The van der Waals surface area contributed by atoms with Gasteiger partial charge in [-0.2, -0.15) is 0 Å². The minimum absolute atomic E-state index is 0.0110. The number of pyridine rings is 1. The topological polar surface area (TPSA) is 62.3 Å². The largest absolute Gasteiger partial charge is 0.351 e. The van der Waals surface area contributed by atoms with Gasteiger partial charge < -0.3 is 10.2 Å². The molecule has 2 heterocycles. The van der Waals surface area contributed by atoms with E-state index in [0.29, 0.717) is 18.7 Å². The molecule has 1 atom stereocenters. The fourth-order valence-corrected chi connectivity index (χ4v) is 3.37. The summed E-state index contributed by atoms with van der Waals surface area (Å²) in [6.07, 6.45) is 1.80. The monoisotopic (exact) mass is 365 g/mol. The van der Waals surface area contributed by atoms with Crippen LogP contribution in [0, 0.1) is 12.8 Å². The van der Waals surface area contributed by atoms with Crippen LogP contribution in [-0.4, -0.2) is 40.8 Å². The van der Waals surface area contributed by atoms with E-state index in [1.54, 1.807) is 0 Å². The van der Waals surface area contributed by atoms with Crippen molar-refractivity contribution in [2.45, 2.75) is 39.7 Å². The quantitative estimate of drug-likeness (QED) is 0.903. The second-order valence-electron chi connectivity index (χ2n) is 7.45. The minimum Gasteiger partial charge on any atom is -0.351 e. The maximum atomic E-state index is 13.0. The van der Waals surface area contributed by atoms with Crippen LogP contribution in [0.4, 0.5) is 0 Å². The Kier molecular flexibility index (Phi) is 5.89. The number of piperidine rings is 1. The Morgan fingerprint density at radius 3 is 2.56 bits per heavy atom. The predicted octanol–water partition coefficient (Wildman–Crippen LogP) is 3.43. The van der Waals surface area contributed by atoms with Gasteiger partial charge in [0.1, 0.15) is 0 Å². The van der Waals surface area contributed by atoms with Crippen molar-refractivity contribution < 1.29 is 9.59 Å².